The molecule has 2 atom stereocenters. The van der Waals surface area contributed by atoms with Crippen LogP contribution in [0.5, 0.6) is 0 Å². The Labute approximate surface area is 113 Å². The molecule has 1 aromatic heterocycles. The Morgan fingerprint density at radius 2 is 2.37 bits per heavy atom. The minimum absolute atomic E-state index is 0.109. The average molecular weight is 263 g/mol. The number of aliphatic hydroxyl groups is 1. The highest BCUT2D eigenvalue weighted by molar-refractivity contribution is 5.91. The van der Waals surface area contributed by atoms with Crippen LogP contribution in [-0.2, 0) is 11.3 Å². The first-order chi connectivity index (χ1) is 9.20. The van der Waals surface area contributed by atoms with E-state index < -0.39 is 6.10 Å². The molecule has 104 valence electrons. The summed E-state index contributed by atoms with van der Waals surface area (Å²) in [5, 5.41) is 16.8. The molecule has 0 spiro atoms. The Morgan fingerprint density at radius 1 is 1.58 bits per heavy atom. The zero-order valence-electron chi connectivity index (χ0n) is 11.2. The summed E-state index contributed by atoms with van der Waals surface area (Å²) in [6.07, 6.45) is 8.29. The summed E-state index contributed by atoms with van der Waals surface area (Å²) in [7, 11) is 0. The van der Waals surface area contributed by atoms with Crippen LogP contribution in [0.1, 0.15) is 38.3 Å². The van der Waals surface area contributed by atoms with Crippen molar-refractivity contribution in [1.82, 2.24) is 15.1 Å². The van der Waals surface area contributed by atoms with Crippen molar-refractivity contribution < 1.29 is 9.90 Å². The Morgan fingerprint density at radius 3 is 3.11 bits per heavy atom. The van der Waals surface area contributed by atoms with Crippen LogP contribution in [0.15, 0.2) is 18.3 Å². The van der Waals surface area contributed by atoms with Gasteiger partial charge in [-0.25, -0.2) is 0 Å². The van der Waals surface area contributed by atoms with Crippen LogP contribution in [0.2, 0.25) is 0 Å². The quantitative estimate of drug-likeness (QED) is 0.805. The molecule has 1 aromatic rings. The van der Waals surface area contributed by atoms with E-state index in [1.165, 1.54) is 6.08 Å². The number of nitrogens with one attached hydrogen (secondary N) is 1. The largest absolute Gasteiger partial charge is 0.391 e. The summed E-state index contributed by atoms with van der Waals surface area (Å²) in [4.78, 5) is 11.8. The molecular formula is C14H21N3O2. The maximum absolute atomic E-state index is 11.8. The number of rotatable bonds is 4. The molecule has 2 unspecified atom stereocenters. The van der Waals surface area contributed by atoms with Gasteiger partial charge in [-0.2, -0.15) is 5.10 Å². The SMILES string of the molecule is CCn1nccc1/C=C/C(=O)NC1CCCCC1O. The lowest BCUT2D eigenvalue weighted by Crippen LogP contribution is -2.44. The standard InChI is InChI=1S/C14H21N3O2/c1-2-17-11(9-10-15-17)7-8-14(19)16-12-5-3-4-6-13(12)18/h7-10,12-13,18H,2-6H2,1H3,(H,16,19)/b8-7+. The molecule has 1 saturated carbocycles. The highest BCUT2D eigenvalue weighted by Gasteiger charge is 2.23. The highest BCUT2D eigenvalue weighted by atomic mass is 16.3. The van der Waals surface area contributed by atoms with Crippen molar-refractivity contribution in [3.8, 4) is 0 Å². The van der Waals surface area contributed by atoms with E-state index in [0.717, 1.165) is 37.9 Å². The van der Waals surface area contributed by atoms with Gasteiger partial charge >= 0.3 is 0 Å². The second-order valence-electron chi connectivity index (χ2n) is 4.87. The molecule has 1 aliphatic carbocycles. The van der Waals surface area contributed by atoms with Gasteiger partial charge in [0.05, 0.1) is 17.8 Å². The van der Waals surface area contributed by atoms with E-state index in [1.54, 1.807) is 12.3 Å². The normalized spacial score (nSPS) is 23.7. The molecule has 1 aliphatic rings. The average Bonchev–Trinajstić information content (AvgIpc) is 2.86. The number of aliphatic hydroxyl groups excluding tert-OH is 1. The topological polar surface area (TPSA) is 67.2 Å². The first-order valence-electron chi connectivity index (χ1n) is 6.89. The van der Waals surface area contributed by atoms with Crippen LogP contribution in [0.3, 0.4) is 0 Å². The van der Waals surface area contributed by atoms with Crippen molar-refractivity contribution in [1.29, 1.82) is 0 Å². The van der Waals surface area contributed by atoms with Gasteiger partial charge in [0.2, 0.25) is 5.91 Å². The van der Waals surface area contributed by atoms with E-state index in [2.05, 4.69) is 10.4 Å². The fourth-order valence-corrected chi connectivity index (χ4v) is 2.42. The second-order valence-corrected chi connectivity index (χ2v) is 4.87. The molecular weight excluding hydrogens is 242 g/mol. The molecule has 0 radical (unpaired) electrons. The van der Waals surface area contributed by atoms with E-state index >= 15 is 0 Å². The number of nitrogens with zero attached hydrogens (tertiary/aromatic N) is 2. The lowest BCUT2D eigenvalue weighted by Gasteiger charge is -2.27. The van der Waals surface area contributed by atoms with E-state index in [1.807, 2.05) is 17.7 Å². The van der Waals surface area contributed by atoms with Crippen LogP contribution < -0.4 is 5.32 Å². The van der Waals surface area contributed by atoms with Crippen molar-refractivity contribution in [2.75, 3.05) is 0 Å². The smallest absolute Gasteiger partial charge is 0.244 e. The van der Waals surface area contributed by atoms with Gasteiger partial charge in [0.1, 0.15) is 0 Å². The Balaban J connectivity index is 1.90. The molecule has 1 fully saturated rings. The third kappa shape index (κ3) is 3.67. The number of hydrogen-bond acceptors (Lipinski definition) is 3. The summed E-state index contributed by atoms with van der Waals surface area (Å²) in [5.41, 5.74) is 0.904. The third-order valence-corrected chi connectivity index (χ3v) is 3.51. The predicted molar refractivity (Wildman–Crippen MR) is 73.3 cm³/mol. The van der Waals surface area contributed by atoms with Gasteiger partial charge in [0, 0.05) is 18.8 Å². The first kappa shape index (κ1) is 13.8. The van der Waals surface area contributed by atoms with Crippen LogP contribution in [0.4, 0.5) is 0 Å². The van der Waals surface area contributed by atoms with Gasteiger partial charge in [-0.3, -0.25) is 9.48 Å². The summed E-state index contributed by atoms with van der Waals surface area (Å²) < 4.78 is 1.82. The highest BCUT2D eigenvalue weighted by Crippen LogP contribution is 2.18. The summed E-state index contributed by atoms with van der Waals surface area (Å²) in [5.74, 6) is -0.158. The van der Waals surface area contributed by atoms with Crippen molar-refractivity contribution in [3.05, 3.63) is 24.0 Å². The lowest BCUT2D eigenvalue weighted by molar-refractivity contribution is -0.118. The fraction of sp³-hybridized carbons (Fsp3) is 0.571. The zero-order chi connectivity index (χ0) is 13.7. The first-order valence-corrected chi connectivity index (χ1v) is 6.89. The number of aromatic nitrogens is 2. The number of amides is 1. The third-order valence-electron chi connectivity index (χ3n) is 3.51. The molecule has 5 nitrogen and oxygen atoms in total. The van der Waals surface area contributed by atoms with Gasteiger partial charge in [0.15, 0.2) is 0 Å². The molecule has 2 N–H and O–H groups in total. The number of aryl methyl sites for hydroxylation is 1. The predicted octanol–water partition coefficient (Wildman–Crippen LogP) is 1.34. The molecule has 0 aromatic carbocycles. The fourth-order valence-electron chi connectivity index (χ4n) is 2.42. The van der Waals surface area contributed by atoms with E-state index in [9.17, 15) is 9.90 Å². The van der Waals surface area contributed by atoms with E-state index in [4.69, 9.17) is 0 Å². The molecule has 1 amide bonds. The molecule has 5 heteroatoms. The second kappa shape index (κ2) is 6.52. The van der Waals surface area contributed by atoms with Crippen molar-refractivity contribution in [2.24, 2.45) is 0 Å². The molecule has 0 aliphatic heterocycles. The Hall–Kier alpha value is -1.62. The van der Waals surface area contributed by atoms with Gasteiger partial charge < -0.3 is 10.4 Å². The van der Waals surface area contributed by atoms with Crippen LogP contribution in [-0.4, -0.2) is 32.9 Å². The van der Waals surface area contributed by atoms with Crippen LogP contribution >= 0.6 is 0 Å². The van der Waals surface area contributed by atoms with Gasteiger partial charge in [-0.05, 0) is 31.9 Å². The van der Waals surface area contributed by atoms with Crippen molar-refractivity contribution >= 4 is 12.0 Å². The Kier molecular flexibility index (Phi) is 4.74. The van der Waals surface area contributed by atoms with E-state index in [-0.39, 0.29) is 11.9 Å². The summed E-state index contributed by atoms with van der Waals surface area (Å²) in [6, 6.07) is 1.75. The van der Waals surface area contributed by atoms with Crippen LogP contribution in [0, 0.1) is 0 Å². The summed E-state index contributed by atoms with van der Waals surface area (Å²) >= 11 is 0. The van der Waals surface area contributed by atoms with Crippen LogP contribution in [0.25, 0.3) is 6.08 Å². The molecule has 0 saturated heterocycles. The molecule has 0 bridgehead atoms. The summed E-state index contributed by atoms with van der Waals surface area (Å²) in [6.45, 7) is 2.78. The van der Waals surface area contributed by atoms with Crippen molar-refractivity contribution in [3.63, 3.8) is 0 Å². The van der Waals surface area contributed by atoms with Gasteiger partial charge in [0.25, 0.3) is 0 Å². The number of hydrogen-bond donors (Lipinski definition) is 2. The number of carbonyl (C=O) groups is 1. The molecule has 19 heavy (non-hydrogen) atoms. The van der Waals surface area contributed by atoms with Gasteiger partial charge in [-0.1, -0.05) is 12.8 Å². The van der Waals surface area contributed by atoms with Crippen molar-refractivity contribution in [2.45, 2.75) is 51.3 Å². The van der Waals surface area contributed by atoms with E-state index in [0.29, 0.717) is 0 Å². The Bertz CT molecular complexity index is 453. The monoisotopic (exact) mass is 263 g/mol. The zero-order valence-corrected chi connectivity index (χ0v) is 11.2. The minimum Gasteiger partial charge on any atom is -0.391 e. The minimum atomic E-state index is -0.410. The molecule has 1 heterocycles. The maximum atomic E-state index is 11.8. The molecule has 2 rings (SSSR count). The van der Waals surface area contributed by atoms with Gasteiger partial charge in [-0.15, -0.1) is 0 Å². The lowest BCUT2D eigenvalue weighted by atomic mass is 9.92. The number of carbonyl (C=O) groups excluding carboxylic acids is 1. The maximum Gasteiger partial charge on any atom is 0.244 e.